The fourth-order valence-corrected chi connectivity index (χ4v) is 2.80. The van der Waals surface area contributed by atoms with Crippen LogP contribution in [0.2, 0.25) is 0 Å². The van der Waals surface area contributed by atoms with Crippen molar-refractivity contribution in [2.24, 2.45) is 5.92 Å². The van der Waals surface area contributed by atoms with Gasteiger partial charge in [-0.1, -0.05) is 0 Å². The number of hydrogen-bond acceptors (Lipinski definition) is 4. The van der Waals surface area contributed by atoms with Crippen molar-refractivity contribution in [3.8, 4) is 5.75 Å². The van der Waals surface area contributed by atoms with E-state index >= 15 is 0 Å². The Morgan fingerprint density at radius 2 is 1.93 bits per heavy atom. The van der Waals surface area contributed by atoms with Gasteiger partial charge in [0.1, 0.15) is 11.6 Å². The van der Waals surface area contributed by atoms with Gasteiger partial charge in [-0.25, -0.2) is 4.39 Å². The van der Waals surface area contributed by atoms with E-state index in [0.29, 0.717) is 26.2 Å². The number of rotatable bonds is 7. The summed E-state index contributed by atoms with van der Waals surface area (Å²) in [6, 6.07) is 2.81. The molecular formula is C18H24F3N3O3. The summed E-state index contributed by atoms with van der Waals surface area (Å²) in [7, 11) is 0. The summed E-state index contributed by atoms with van der Waals surface area (Å²) < 4.78 is 42.1. The van der Waals surface area contributed by atoms with Crippen LogP contribution < -0.4 is 15.4 Å². The number of ether oxygens (including phenoxy) is 1. The number of alkyl halides is 2. The largest absolute Gasteiger partial charge is 0.435 e. The second kappa shape index (κ2) is 8.60. The molecule has 27 heavy (non-hydrogen) atoms. The summed E-state index contributed by atoms with van der Waals surface area (Å²) >= 11 is 0. The van der Waals surface area contributed by atoms with Crippen LogP contribution in [-0.4, -0.2) is 55.0 Å². The smallest absolute Gasteiger partial charge is 0.387 e. The van der Waals surface area contributed by atoms with Gasteiger partial charge in [0.25, 0.3) is 5.91 Å². The first-order valence-corrected chi connectivity index (χ1v) is 8.59. The average molecular weight is 387 g/mol. The molecule has 1 fully saturated rings. The van der Waals surface area contributed by atoms with E-state index in [-0.39, 0.29) is 22.9 Å². The Morgan fingerprint density at radius 3 is 2.52 bits per heavy atom. The van der Waals surface area contributed by atoms with E-state index < -0.39 is 24.1 Å². The molecule has 1 saturated heterocycles. The maximum atomic E-state index is 13.5. The van der Waals surface area contributed by atoms with Crippen molar-refractivity contribution < 1.29 is 27.5 Å². The highest BCUT2D eigenvalue weighted by Crippen LogP contribution is 2.19. The number of nitrogens with one attached hydrogen (secondary N) is 2. The molecule has 0 bridgehead atoms. The van der Waals surface area contributed by atoms with Crippen molar-refractivity contribution >= 4 is 11.8 Å². The third kappa shape index (κ3) is 7.09. The number of nitrogens with zero attached hydrogens (tertiary/aromatic N) is 1. The Bertz CT molecular complexity index is 686. The van der Waals surface area contributed by atoms with E-state index in [2.05, 4.69) is 15.4 Å². The molecule has 2 rings (SSSR count). The molecule has 1 aliphatic heterocycles. The molecule has 1 aromatic carbocycles. The summed E-state index contributed by atoms with van der Waals surface area (Å²) in [5, 5.41) is 5.52. The van der Waals surface area contributed by atoms with Crippen LogP contribution in [0.15, 0.2) is 18.2 Å². The van der Waals surface area contributed by atoms with Gasteiger partial charge in [-0.2, -0.15) is 8.78 Å². The summed E-state index contributed by atoms with van der Waals surface area (Å²) in [5.74, 6) is -1.71. The fourth-order valence-electron chi connectivity index (χ4n) is 2.80. The van der Waals surface area contributed by atoms with Crippen LogP contribution >= 0.6 is 0 Å². The number of halogens is 3. The molecule has 9 heteroatoms. The minimum Gasteiger partial charge on any atom is -0.435 e. The average Bonchev–Trinajstić information content (AvgIpc) is 2.45. The number of amides is 2. The fraction of sp³-hybridized carbons (Fsp3) is 0.556. The van der Waals surface area contributed by atoms with E-state index in [1.54, 1.807) is 0 Å². The Balaban J connectivity index is 1.76. The molecule has 6 nitrogen and oxygen atoms in total. The van der Waals surface area contributed by atoms with Crippen LogP contribution in [0.25, 0.3) is 0 Å². The van der Waals surface area contributed by atoms with E-state index in [9.17, 15) is 22.8 Å². The zero-order chi connectivity index (χ0) is 20.2. The molecule has 2 amide bonds. The summed E-state index contributed by atoms with van der Waals surface area (Å²) in [4.78, 5) is 25.9. The van der Waals surface area contributed by atoms with Crippen LogP contribution in [0, 0.1) is 11.7 Å². The number of carbonyl (C=O) groups is 2. The lowest BCUT2D eigenvalue weighted by molar-refractivity contribution is -0.125. The van der Waals surface area contributed by atoms with Gasteiger partial charge in [0.2, 0.25) is 5.91 Å². The molecule has 1 heterocycles. The first-order valence-electron chi connectivity index (χ1n) is 8.59. The van der Waals surface area contributed by atoms with Crippen molar-refractivity contribution in [2.75, 3.05) is 26.2 Å². The van der Waals surface area contributed by atoms with Crippen molar-refractivity contribution in [2.45, 2.75) is 32.9 Å². The minimum atomic E-state index is -3.10. The normalized spacial score (nSPS) is 15.4. The molecule has 1 aromatic rings. The predicted molar refractivity (Wildman–Crippen MR) is 93.2 cm³/mol. The van der Waals surface area contributed by atoms with E-state index in [1.165, 1.54) is 0 Å². The monoisotopic (exact) mass is 387 g/mol. The molecule has 0 unspecified atom stereocenters. The highest BCUT2D eigenvalue weighted by atomic mass is 19.3. The van der Waals surface area contributed by atoms with Gasteiger partial charge in [0.15, 0.2) is 0 Å². The van der Waals surface area contributed by atoms with Gasteiger partial charge in [0.05, 0.1) is 6.54 Å². The highest BCUT2D eigenvalue weighted by Gasteiger charge is 2.29. The van der Waals surface area contributed by atoms with Gasteiger partial charge in [-0.05, 0) is 32.9 Å². The van der Waals surface area contributed by atoms with E-state index in [4.69, 9.17) is 0 Å². The van der Waals surface area contributed by atoms with E-state index in [0.717, 1.165) is 18.2 Å². The molecule has 150 valence electrons. The summed E-state index contributed by atoms with van der Waals surface area (Å²) in [6.45, 7) is 4.56. The lowest BCUT2D eigenvalue weighted by atomic mass is 10.00. The standard InChI is InChI=1S/C18H24F3N3O3/c1-18(2,3)23-15(25)10-24-8-11(9-24)7-22-16(26)12-4-13(19)6-14(5-12)27-17(20)21/h4-6,11,17H,7-10H2,1-3H3,(H,22,26)(H,23,25). The van der Waals surface area contributed by atoms with Gasteiger partial charge in [-0.3, -0.25) is 14.5 Å². The number of benzene rings is 1. The summed E-state index contributed by atoms with van der Waals surface area (Å²) in [6.07, 6.45) is 0. The maximum absolute atomic E-state index is 13.5. The third-order valence-electron chi connectivity index (χ3n) is 3.82. The molecule has 0 aromatic heterocycles. The van der Waals surface area contributed by atoms with E-state index in [1.807, 2.05) is 25.7 Å². The van der Waals surface area contributed by atoms with Crippen LogP contribution in [0.1, 0.15) is 31.1 Å². The SMILES string of the molecule is CC(C)(C)NC(=O)CN1CC(CNC(=O)c2cc(F)cc(OC(F)F)c2)C1. The number of likely N-dealkylation sites (tertiary alicyclic amines) is 1. The lowest BCUT2D eigenvalue weighted by Gasteiger charge is -2.39. The van der Waals surface area contributed by atoms with Gasteiger partial charge in [0, 0.05) is 42.7 Å². The maximum Gasteiger partial charge on any atom is 0.387 e. The molecular weight excluding hydrogens is 363 g/mol. The number of hydrogen-bond donors (Lipinski definition) is 2. The Kier molecular flexibility index (Phi) is 6.69. The van der Waals surface area contributed by atoms with Crippen LogP contribution in [0.3, 0.4) is 0 Å². The van der Waals surface area contributed by atoms with Crippen LogP contribution in [-0.2, 0) is 4.79 Å². The topological polar surface area (TPSA) is 70.7 Å². The molecule has 0 radical (unpaired) electrons. The predicted octanol–water partition coefficient (Wildman–Crippen LogP) is 2.00. The Hall–Kier alpha value is -2.29. The molecule has 0 aliphatic carbocycles. The van der Waals surface area contributed by atoms with Gasteiger partial charge < -0.3 is 15.4 Å². The number of carbonyl (C=O) groups excluding carboxylic acids is 2. The zero-order valence-electron chi connectivity index (χ0n) is 15.5. The molecule has 2 N–H and O–H groups in total. The van der Waals surface area contributed by atoms with Crippen molar-refractivity contribution in [1.82, 2.24) is 15.5 Å². The van der Waals surface area contributed by atoms with Gasteiger partial charge in [-0.15, -0.1) is 0 Å². The second-order valence-electron chi connectivity index (χ2n) is 7.62. The highest BCUT2D eigenvalue weighted by molar-refractivity contribution is 5.94. The molecule has 1 aliphatic rings. The first kappa shape index (κ1) is 21.0. The third-order valence-corrected chi connectivity index (χ3v) is 3.82. The van der Waals surface area contributed by atoms with Crippen LogP contribution in [0.5, 0.6) is 5.75 Å². The first-order chi connectivity index (χ1) is 12.5. The van der Waals surface area contributed by atoms with Gasteiger partial charge >= 0.3 is 6.61 Å². The van der Waals surface area contributed by atoms with Crippen molar-refractivity contribution in [3.63, 3.8) is 0 Å². The lowest BCUT2D eigenvalue weighted by Crippen LogP contribution is -2.55. The molecule has 0 saturated carbocycles. The van der Waals surface area contributed by atoms with Crippen molar-refractivity contribution in [1.29, 1.82) is 0 Å². The molecule has 0 atom stereocenters. The molecule has 0 spiro atoms. The minimum absolute atomic E-state index is 0.0590. The Labute approximate surface area is 156 Å². The van der Waals surface area contributed by atoms with Crippen LogP contribution in [0.4, 0.5) is 13.2 Å². The van der Waals surface area contributed by atoms with Crippen molar-refractivity contribution in [3.05, 3.63) is 29.6 Å². The second-order valence-corrected chi connectivity index (χ2v) is 7.62. The summed E-state index contributed by atoms with van der Waals surface area (Å²) in [5.41, 5.74) is -0.376. The zero-order valence-corrected chi connectivity index (χ0v) is 15.5. The Morgan fingerprint density at radius 1 is 1.26 bits per heavy atom. The quantitative estimate of drug-likeness (QED) is 0.751.